The highest BCUT2D eigenvalue weighted by Crippen LogP contribution is 2.34. The number of hydrogen-bond donors (Lipinski definition) is 2. The summed E-state index contributed by atoms with van der Waals surface area (Å²) in [7, 11) is 1.87. The molecule has 1 aromatic carbocycles. The van der Waals surface area contributed by atoms with Crippen LogP contribution in [0.5, 0.6) is 0 Å². The Balaban J connectivity index is 1.53. The maximum Gasteiger partial charge on any atom is 0.153 e. The van der Waals surface area contributed by atoms with Gasteiger partial charge in [0, 0.05) is 50.5 Å². The zero-order chi connectivity index (χ0) is 22.1. The maximum absolute atomic E-state index is 9.64. The zero-order valence-corrected chi connectivity index (χ0v) is 18.2. The number of aromatic nitrogens is 4. The highest BCUT2D eigenvalue weighted by Gasteiger charge is 2.16. The quantitative estimate of drug-likeness (QED) is 0.504. The van der Waals surface area contributed by atoms with Crippen LogP contribution in [0.2, 0.25) is 0 Å². The number of nitrogens with one attached hydrogen (secondary N) is 2. The first kappa shape index (κ1) is 20.2. The van der Waals surface area contributed by atoms with Crippen molar-refractivity contribution in [1.82, 2.24) is 24.6 Å². The van der Waals surface area contributed by atoms with Crippen LogP contribution in [0, 0.1) is 18.3 Å². The minimum Gasteiger partial charge on any atom is -0.379 e. The lowest BCUT2D eigenvalue weighted by molar-refractivity contribution is 0.0341. The van der Waals surface area contributed by atoms with E-state index in [9.17, 15) is 5.26 Å². The van der Waals surface area contributed by atoms with E-state index in [4.69, 9.17) is 4.74 Å². The number of aryl methyl sites for hydroxylation is 2. The van der Waals surface area contributed by atoms with Crippen molar-refractivity contribution in [3.05, 3.63) is 59.4 Å². The predicted octanol–water partition coefficient (Wildman–Crippen LogP) is 3.72. The van der Waals surface area contributed by atoms with Crippen molar-refractivity contribution in [1.29, 1.82) is 5.26 Å². The average molecular weight is 428 g/mol. The Morgan fingerprint density at radius 3 is 2.75 bits per heavy atom. The summed E-state index contributed by atoms with van der Waals surface area (Å²) < 4.78 is 7.20. The van der Waals surface area contributed by atoms with E-state index in [2.05, 4.69) is 56.5 Å². The van der Waals surface area contributed by atoms with Gasteiger partial charge in [0.15, 0.2) is 5.82 Å². The SMILES string of the molecule is Cc1cc(-c2cc(Nc3ccn(C)n3)nc3[nH]cc(C#N)c23)ccc1CN1CCOCC1. The molecule has 0 unspecified atom stereocenters. The van der Waals surface area contributed by atoms with Crippen molar-refractivity contribution in [2.24, 2.45) is 7.05 Å². The Kier molecular flexibility index (Phi) is 5.35. The fourth-order valence-corrected chi connectivity index (χ4v) is 4.17. The van der Waals surface area contributed by atoms with E-state index in [1.54, 1.807) is 10.9 Å². The van der Waals surface area contributed by atoms with Crippen LogP contribution in [0.15, 0.2) is 42.7 Å². The molecule has 1 aliphatic rings. The van der Waals surface area contributed by atoms with Crippen molar-refractivity contribution in [3.63, 3.8) is 0 Å². The molecule has 0 atom stereocenters. The molecule has 5 rings (SSSR count). The van der Waals surface area contributed by atoms with Crippen LogP contribution in [0.25, 0.3) is 22.2 Å². The van der Waals surface area contributed by atoms with Gasteiger partial charge in [0.05, 0.1) is 18.8 Å². The molecule has 1 saturated heterocycles. The Hall–Kier alpha value is -3.67. The molecule has 8 heteroatoms. The Labute approximate surface area is 186 Å². The summed E-state index contributed by atoms with van der Waals surface area (Å²) in [6, 6.07) is 12.7. The third-order valence-corrected chi connectivity index (χ3v) is 5.88. The van der Waals surface area contributed by atoms with E-state index in [1.807, 2.05) is 25.4 Å². The topological polar surface area (TPSA) is 94.8 Å². The van der Waals surface area contributed by atoms with Gasteiger partial charge in [-0.3, -0.25) is 9.58 Å². The van der Waals surface area contributed by atoms with Gasteiger partial charge in [0.25, 0.3) is 0 Å². The first-order valence-corrected chi connectivity index (χ1v) is 10.7. The molecule has 162 valence electrons. The van der Waals surface area contributed by atoms with Crippen molar-refractivity contribution in [2.45, 2.75) is 13.5 Å². The number of benzene rings is 1. The largest absolute Gasteiger partial charge is 0.379 e. The molecule has 32 heavy (non-hydrogen) atoms. The van der Waals surface area contributed by atoms with Gasteiger partial charge in [-0.2, -0.15) is 10.4 Å². The molecule has 0 aliphatic carbocycles. The van der Waals surface area contributed by atoms with Gasteiger partial charge in [-0.15, -0.1) is 0 Å². The number of H-pyrrole nitrogens is 1. The van der Waals surface area contributed by atoms with Gasteiger partial charge in [-0.1, -0.05) is 18.2 Å². The molecule has 0 amide bonds. The van der Waals surface area contributed by atoms with E-state index in [0.29, 0.717) is 17.0 Å². The molecular weight excluding hydrogens is 402 g/mol. The molecule has 1 aliphatic heterocycles. The number of nitriles is 1. The van der Waals surface area contributed by atoms with Gasteiger partial charge in [-0.05, 0) is 35.2 Å². The summed E-state index contributed by atoms with van der Waals surface area (Å²) in [5.41, 5.74) is 5.82. The average Bonchev–Trinajstić information content (AvgIpc) is 3.41. The summed E-state index contributed by atoms with van der Waals surface area (Å²) in [4.78, 5) is 10.2. The maximum atomic E-state index is 9.64. The number of rotatable bonds is 5. The number of hydrogen-bond acceptors (Lipinski definition) is 6. The number of anilines is 2. The van der Waals surface area contributed by atoms with Crippen molar-refractivity contribution in [2.75, 3.05) is 31.6 Å². The monoisotopic (exact) mass is 427 g/mol. The fraction of sp³-hybridized carbons (Fsp3) is 0.292. The Morgan fingerprint density at radius 2 is 2.03 bits per heavy atom. The third-order valence-electron chi connectivity index (χ3n) is 5.88. The second-order valence-corrected chi connectivity index (χ2v) is 8.12. The van der Waals surface area contributed by atoms with E-state index in [0.717, 1.165) is 55.2 Å². The van der Waals surface area contributed by atoms with Gasteiger partial charge in [0.2, 0.25) is 0 Å². The summed E-state index contributed by atoms with van der Waals surface area (Å²) >= 11 is 0. The summed E-state index contributed by atoms with van der Waals surface area (Å²) in [6.07, 6.45) is 3.59. The van der Waals surface area contributed by atoms with E-state index >= 15 is 0 Å². The van der Waals surface area contributed by atoms with Crippen molar-refractivity contribution >= 4 is 22.7 Å². The van der Waals surface area contributed by atoms with Crippen LogP contribution in [-0.2, 0) is 18.3 Å². The lowest BCUT2D eigenvalue weighted by atomic mass is 9.97. The number of nitrogens with zero attached hydrogens (tertiary/aromatic N) is 5. The first-order chi connectivity index (χ1) is 15.6. The van der Waals surface area contributed by atoms with E-state index in [1.165, 1.54) is 11.1 Å². The normalized spacial score (nSPS) is 14.5. The summed E-state index contributed by atoms with van der Waals surface area (Å²) in [5.74, 6) is 1.39. The minimum absolute atomic E-state index is 0.585. The van der Waals surface area contributed by atoms with Crippen molar-refractivity contribution < 1.29 is 4.74 Å². The second kappa shape index (κ2) is 8.46. The first-order valence-electron chi connectivity index (χ1n) is 10.7. The van der Waals surface area contributed by atoms with E-state index < -0.39 is 0 Å². The Bertz CT molecular complexity index is 1310. The number of fused-ring (bicyclic) bond motifs is 1. The van der Waals surface area contributed by atoms with Crippen LogP contribution in [0.1, 0.15) is 16.7 Å². The molecule has 8 nitrogen and oxygen atoms in total. The molecule has 4 heterocycles. The van der Waals surface area contributed by atoms with E-state index in [-0.39, 0.29) is 0 Å². The molecule has 1 fully saturated rings. The molecule has 0 bridgehead atoms. The second-order valence-electron chi connectivity index (χ2n) is 8.12. The number of aromatic amines is 1. The highest BCUT2D eigenvalue weighted by molar-refractivity contribution is 5.99. The zero-order valence-electron chi connectivity index (χ0n) is 18.2. The number of ether oxygens (including phenoxy) is 1. The molecule has 2 N–H and O–H groups in total. The lowest BCUT2D eigenvalue weighted by Crippen LogP contribution is -2.35. The van der Waals surface area contributed by atoms with Crippen molar-refractivity contribution in [3.8, 4) is 17.2 Å². The van der Waals surface area contributed by atoms with Crippen LogP contribution in [-0.4, -0.2) is 51.0 Å². The van der Waals surface area contributed by atoms with Crippen LogP contribution in [0.4, 0.5) is 11.6 Å². The smallest absolute Gasteiger partial charge is 0.153 e. The Morgan fingerprint density at radius 1 is 1.19 bits per heavy atom. The molecule has 0 radical (unpaired) electrons. The number of morpholine rings is 1. The molecule has 4 aromatic rings. The molecule has 0 saturated carbocycles. The number of pyridine rings is 1. The molecule has 0 spiro atoms. The van der Waals surface area contributed by atoms with Gasteiger partial charge in [-0.25, -0.2) is 4.98 Å². The molecular formula is C24H25N7O. The molecule has 3 aromatic heterocycles. The highest BCUT2D eigenvalue weighted by atomic mass is 16.5. The summed E-state index contributed by atoms with van der Waals surface area (Å²) in [5, 5.41) is 18.1. The fourth-order valence-electron chi connectivity index (χ4n) is 4.17. The van der Waals surface area contributed by atoms with Gasteiger partial charge < -0.3 is 15.0 Å². The van der Waals surface area contributed by atoms with Gasteiger partial charge >= 0.3 is 0 Å². The van der Waals surface area contributed by atoms with Crippen LogP contribution >= 0.6 is 0 Å². The summed E-state index contributed by atoms with van der Waals surface area (Å²) in [6.45, 7) is 6.58. The lowest BCUT2D eigenvalue weighted by Gasteiger charge is -2.27. The predicted molar refractivity (Wildman–Crippen MR) is 124 cm³/mol. The van der Waals surface area contributed by atoms with Crippen LogP contribution < -0.4 is 5.32 Å². The van der Waals surface area contributed by atoms with Crippen LogP contribution in [0.3, 0.4) is 0 Å². The van der Waals surface area contributed by atoms with Gasteiger partial charge in [0.1, 0.15) is 17.5 Å². The standard InChI is InChI=1S/C24H25N7O/c1-16-11-17(3-4-18(16)15-31-7-9-32-10-8-31)20-12-22(27-21-5-6-30(2)29-21)28-24-23(20)19(13-25)14-26-24/h3-6,11-12,14H,7-10,15H2,1-2H3,(H2,26,27,28,29). The third kappa shape index (κ3) is 3.96. The minimum atomic E-state index is 0.585.